The molecular formula is C88H87ClN2O3. The summed E-state index contributed by atoms with van der Waals surface area (Å²) in [4.78, 5) is 13.9. The molecule has 5 nitrogen and oxygen atoms in total. The molecule has 0 aromatic heterocycles. The van der Waals surface area contributed by atoms with Gasteiger partial charge < -0.3 is 4.74 Å². The van der Waals surface area contributed by atoms with Crippen molar-refractivity contribution >= 4 is 59.4 Å². The van der Waals surface area contributed by atoms with E-state index in [1.165, 1.54) is 72.8 Å². The van der Waals surface area contributed by atoms with E-state index in [1.807, 2.05) is 42.5 Å². The standard InChI is InChI=1S/C15H13N.C15H16O.2C15H16.C14H13Cl.C14H13NO2/c1-4-5-11(2)14-9-7-12-6-8-13(16-3)10-15(12)14;1-4-6-11(2)12-9-10-14-13(12)7-5-8-15(14)16-3;2*1-4-5-12(3)14-9-8-13-7-6-11(2)10-15(13)14;1-3-4-10(2)13-8-6-11-5-7-12(15)9-14(11)13;1-3-4-10(2)13-8-6-11-5-7-12(15(16)17)9-14(11)13/h1,6-11,14H,5H2,2H3;1,5,7-12H,6H2,2-3H3;2*1,6-10,12,14H,5H2,2-3H3;1,5-10,13H,4H2,2H3;1,5-10,13H,4H2,2H3. The number of nitro groups is 1. The second-order valence-electron chi connectivity index (χ2n) is 25.6. The van der Waals surface area contributed by atoms with Gasteiger partial charge in [-0.1, -0.05) is 210 Å². The maximum atomic E-state index is 10.8. The second kappa shape index (κ2) is 34.7. The van der Waals surface area contributed by atoms with Gasteiger partial charge in [-0.05, 0) is 135 Å². The molecule has 0 spiro atoms. The highest BCUT2D eigenvalue weighted by atomic mass is 35.5. The Balaban J connectivity index is 0.000000160. The van der Waals surface area contributed by atoms with Crippen LogP contribution in [0.15, 0.2) is 146 Å². The molecule has 6 aromatic carbocycles. The Hall–Kier alpha value is -9.90. The van der Waals surface area contributed by atoms with Gasteiger partial charge in [0.05, 0.1) is 18.6 Å². The average Bonchev–Trinajstić information content (AvgIpc) is 1.72. The highest BCUT2D eigenvalue weighted by Gasteiger charge is 2.29. The van der Waals surface area contributed by atoms with Crippen LogP contribution in [0.4, 0.5) is 11.4 Å². The number of rotatable bonds is 14. The number of hydrogen-bond acceptors (Lipinski definition) is 3. The molecule has 0 bridgehead atoms. The first-order chi connectivity index (χ1) is 45.3. The number of benzene rings is 6. The van der Waals surface area contributed by atoms with E-state index < -0.39 is 0 Å². The maximum Gasteiger partial charge on any atom is 0.269 e. The van der Waals surface area contributed by atoms with E-state index in [0.29, 0.717) is 77.2 Å². The van der Waals surface area contributed by atoms with Crippen LogP contribution in [0, 0.1) is 140 Å². The third-order valence-corrected chi connectivity index (χ3v) is 18.9. The van der Waals surface area contributed by atoms with Crippen LogP contribution in [0.25, 0.3) is 41.3 Å². The highest BCUT2D eigenvalue weighted by Crippen LogP contribution is 2.44. The summed E-state index contributed by atoms with van der Waals surface area (Å²) in [5.41, 5.74) is 18.8. The van der Waals surface area contributed by atoms with Crippen molar-refractivity contribution in [1.82, 2.24) is 0 Å². The zero-order valence-electron chi connectivity index (χ0n) is 56.0. The van der Waals surface area contributed by atoms with Crippen molar-refractivity contribution in [2.75, 3.05) is 7.11 Å². The van der Waals surface area contributed by atoms with Gasteiger partial charge in [-0.25, -0.2) is 4.85 Å². The first-order valence-corrected chi connectivity index (χ1v) is 32.9. The van der Waals surface area contributed by atoms with Crippen LogP contribution in [0.3, 0.4) is 0 Å². The molecule has 6 aromatic rings. The van der Waals surface area contributed by atoms with Crippen LogP contribution >= 0.6 is 11.6 Å². The SMILES string of the molecule is C#CCC(C)C1C=Cc2c(OC)cccc21.C#CCC(C)C1C=Cc2ccc(C)cc21.C#CCC(C)C1C=Cc2ccc(C)cc21.C#CCC(C)C1C=Cc2ccc(Cl)cc21.C#CCC(C)C1C=Cc2ccc([N+](=O)[O-])cc21.[C-]#[N+]c1ccc2c(c1)C(C(C)CC#C)C=C2. The zero-order chi connectivity index (χ0) is 68.0. The largest absolute Gasteiger partial charge is 0.496 e. The minimum Gasteiger partial charge on any atom is -0.496 e. The smallest absolute Gasteiger partial charge is 0.269 e. The normalized spacial score (nSPS) is 19.1. The van der Waals surface area contributed by atoms with Crippen LogP contribution in [-0.2, 0) is 0 Å². The molecule has 0 heterocycles. The summed E-state index contributed by atoms with van der Waals surface area (Å²) in [5.74, 6) is 22.5. The third-order valence-electron chi connectivity index (χ3n) is 18.7. The lowest BCUT2D eigenvalue weighted by Gasteiger charge is -2.17. The minimum absolute atomic E-state index is 0.144. The first-order valence-electron chi connectivity index (χ1n) is 32.5. The number of nitro benzene ring substituents is 1. The van der Waals surface area contributed by atoms with Crippen molar-refractivity contribution < 1.29 is 9.66 Å². The van der Waals surface area contributed by atoms with Crippen LogP contribution in [-0.4, -0.2) is 12.0 Å². The average molecular weight is 1260 g/mol. The molecule has 0 fully saturated rings. The Bertz CT molecular complexity index is 3990. The molecule has 0 aliphatic heterocycles. The van der Waals surface area contributed by atoms with Crippen LogP contribution < -0.4 is 4.74 Å². The topological polar surface area (TPSA) is 56.7 Å². The number of nitrogens with zero attached hydrogens (tertiary/aromatic N) is 2. The number of halogens is 1. The molecule has 6 aliphatic carbocycles. The Kier molecular flexibility index (Phi) is 26.4. The van der Waals surface area contributed by atoms with Crippen LogP contribution in [0.2, 0.25) is 5.02 Å². The molecule has 0 saturated heterocycles. The molecule has 12 unspecified atom stereocenters. The predicted molar refractivity (Wildman–Crippen MR) is 399 cm³/mol. The van der Waals surface area contributed by atoms with E-state index in [2.05, 4.69) is 217 Å². The van der Waals surface area contributed by atoms with Crippen LogP contribution in [0.5, 0.6) is 5.75 Å². The van der Waals surface area contributed by atoms with E-state index in [-0.39, 0.29) is 16.5 Å². The summed E-state index contributed by atoms with van der Waals surface area (Å²) >= 11 is 6.00. The Labute approximate surface area is 567 Å². The Morgan fingerprint density at radius 3 is 1.16 bits per heavy atom. The molecule has 6 heteroatoms. The molecule has 0 radical (unpaired) electrons. The number of aryl methyl sites for hydroxylation is 2. The molecule has 12 atom stereocenters. The maximum absolute atomic E-state index is 10.8. The number of methoxy groups -OCH3 is 1. The second-order valence-corrected chi connectivity index (χ2v) is 26.1. The van der Waals surface area contributed by atoms with Crippen molar-refractivity contribution in [2.24, 2.45) is 35.5 Å². The summed E-state index contributed by atoms with van der Waals surface area (Å²) < 4.78 is 5.35. The van der Waals surface area contributed by atoms with Gasteiger partial charge in [-0.2, -0.15) is 0 Å². The summed E-state index contributed by atoms with van der Waals surface area (Å²) in [5, 5.41) is 11.6. The van der Waals surface area contributed by atoms with Crippen molar-refractivity contribution in [3.8, 4) is 79.8 Å². The summed E-state index contributed by atoms with van der Waals surface area (Å²) in [6.45, 7) is 24.4. The van der Waals surface area contributed by atoms with E-state index in [4.69, 9.17) is 61.5 Å². The first kappa shape index (κ1) is 71.5. The third kappa shape index (κ3) is 18.0. The van der Waals surface area contributed by atoms with Gasteiger partial charge in [0.1, 0.15) is 5.75 Å². The Morgan fingerprint density at radius 1 is 0.457 bits per heavy atom. The number of terminal acetylenes is 6. The quantitative estimate of drug-likeness (QED) is 0.0473. The molecular weight excluding hydrogens is 1170 g/mol. The monoisotopic (exact) mass is 1250 g/mol. The number of non-ortho nitro benzene ring substituents is 1. The number of allylic oxidation sites excluding steroid dienone is 6. The highest BCUT2D eigenvalue weighted by molar-refractivity contribution is 6.30. The molecule has 6 aliphatic rings. The molecule has 0 saturated carbocycles. The van der Waals surface area contributed by atoms with Crippen molar-refractivity contribution in [3.05, 3.63) is 250 Å². The number of hydrogen-bond donors (Lipinski definition) is 0. The van der Waals surface area contributed by atoms with Gasteiger partial charge >= 0.3 is 0 Å². The van der Waals surface area contributed by atoms with Gasteiger partial charge in [0.2, 0.25) is 0 Å². The number of fused-ring (bicyclic) bond motifs is 6. The van der Waals surface area contributed by atoms with Gasteiger partial charge in [-0.3, -0.25) is 10.1 Å². The molecule has 0 N–H and O–H groups in total. The fourth-order valence-corrected chi connectivity index (χ4v) is 13.5. The lowest BCUT2D eigenvalue weighted by atomic mass is 9.86. The number of ether oxygens (including phenoxy) is 1. The lowest BCUT2D eigenvalue weighted by Crippen LogP contribution is -2.05. The van der Waals surface area contributed by atoms with Crippen LogP contribution in [0.1, 0.15) is 193 Å². The predicted octanol–water partition coefficient (Wildman–Crippen LogP) is 22.5. The summed E-state index contributed by atoms with van der Waals surface area (Å²) in [6.07, 6.45) is 63.1. The summed E-state index contributed by atoms with van der Waals surface area (Å²) in [6, 6.07) is 36.4. The molecule has 0 amide bonds. The van der Waals surface area contributed by atoms with Gasteiger partial charge in [-0.15, -0.1) is 74.1 Å². The van der Waals surface area contributed by atoms with E-state index in [0.717, 1.165) is 54.0 Å². The zero-order valence-corrected chi connectivity index (χ0v) is 56.7. The van der Waals surface area contributed by atoms with E-state index in [1.54, 1.807) is 19.2 Å². The van der Waals surface area contributed by atoms with Gasteiger partial charge in [0, 0.05) is 96.8 Å². The fourth-order valence-electron chi connectivity index (χ4n) is 13.4. The molecule has 12 rings (SSSR count). The van der Waals surface area contributed by atoms with E-state index in [9.17, 15) is 10.1 Å². The van der Waals surface area contributed by atoms with Gasteiger partial charge in [0.15, 0.2) is 5.69 Å². The minimum atomic E-state index is -0.360. The molecule has 474 valence electrons. The molecule has 94 heavy (non-hydrogen) atoms. The van der Waals surface area contributed by atoms with Crippen molar-refractivity contribution in [1.29, 1.82) is 0 Å². The van der Waals surface area contributed by atoms with Crippen molar-refractivity contribution in [3.63, 3.8) is 0 Å². The Morgan fingerprint density at radius 2 is 0.787 bits per heavy atom. The summed E-state index contributed by atoms with van der Waals surface area (Å²) in [7, 11) is 1.71. The van der Waals surface area contributed by atoms with Crippen molar-refractivity contribution in [2.45, 2.75) is 129 Å². The van der Waals surface area contributed by atoms with Gasteiger partial charge in [0.25, 0.3) is 5.69 Å². The lowest BCUT2D eigenvalue weighted by molar-refractivity contribution is -0.384. The fraction of sp³-hybridized carbons (Fsp3) is 0.307. The van der Waals surface area contributed by atoms with E-state index >= 15 is 0 Å².